The molecule has 0 fully saturated rings. The van der Waals surface area contributed by atoms with Crippen molar-refractivity contribution in [1.29, 1.82) is 0 Å². The Kier molecular flexibility index (Phi) is 9.22. The molecule has 0 saturated carbocycles. The first-order valence-electron chi connectivity index (χ1n) is 14.5. The number of halogens is 1. The minimum atomic E-state index is -0.635. The summed E-state index contributed by atoms with van der Waals surface area (Å²) in [4.78, 5) is 42.5. The summed E-state index contributed by atoms with van der Waals surface area (Å²) in [7, 11) is 0. The molecule has 0 unspecified atom stereocenters. The van der Waals surface area contributed by atoms with Gasteiger partial charge in [0.05, 0.1) is 18.4 Å². The molecule has 0 spiro atoms. The van der Waals surface area contributed by atoms with Gasteiger partial charge in [0.25, 0.3) is 5.91 Å². The number of nitrogens with one attached hydrogen (secondary N) is 3. The SMILES string of the molecule is CC(C)(C)CC(=O)Nc1ccc2c(c1)cc(C(=O)Nc1ccc(NC(=O)OCc3ccccc3)cn1)n2Cc1ccccc1F. The van der Waals surface area contributed by atoms with Crippen molar-refractivity contribution in [1.82, 2.24) is 9.55 Å². The minimum absolute atomic E-state index is 0.107. The van der Waals surface area contributed by atoms with Crippen molar-refractivity contribution in [2.45, 2.75) is 40.3 Å². The van der Waals surface area contributed by atoms with Crippen molar-refractivity contribution in [2.75, 3.05) is 16.0 Å². The zero-order valence-corrected chi connectivity index (χ0v) is 25.3. The van der Waals surface area contributed by atoms with E-state index in [0.717, 1.165) is 5.56 Å². The molecule has 0 aliphatic rings. The van der Waals surface area contributed by atoms with Crippen molar-refractivity contribution in [2.24, 2.45) is 5.41 Å². The normalized spacial score (nSPS) is 11.2. The number of hydrogen-bond acceptors (Lipinski definition) is 5. The van der Waals surface area contributed by atoms with Crippen LogP contribution in [-0.4, -0.2) is 27.5 Å². The first-order chi connectivity index (χ1) is 21.5. The van der Waals surface area contributed by atoms with Crippen LogP contribution in [0.2, 0.25) is 0 Å². The van der Waals surface area contributed by atoms with E-state index in [-0.39, 0.29) is 41.8 Å². The number of carbonyl (C=O) groups excluding carboxylic acids is 3. The molecule has 5 aromatic rings. The van der Waals surface area contributed by atoms with E-state index in [1.54, 1.807) is 59.2 Å². The number of anilines is 3. The molecule has 3 aromatic carbocycles. The van der Waals surface area contributed by atoms with Crippen LogP contribution in [0.25, 0.3) is 10.9 Å². The monoisotopic (exact) mass is 607 g/mol. The minimum Gasteiger partial charge on any atom is -0.444 e. The number of hydrogen-bond donors (Lipinski definition) is 3. The lowest BCUT2D eigenvalue weighted by atomic mass is 9.92. The number of carbonyl (C=O) groups is 3. The highest BCUT2D eigenvalue weighted by Crippen LogP contribution is 2.27. The summed E-state index contributed by atoms with van der Waals surface area (Å²) in [5.41, 5.74) is 3.06. The molecular weight excluding hydrogens is 573 g/mol. The maximum absolute atomic E-state index is 14.7. The van der Waals surface area contributed by atoms with Gasteiger partial charge in [-0.15, -0.1) is 0 Å². The van der Waals surface area contributed by atoms with Crippen LogP contribution in [-0.2, 0) is 22.7 Å². The third-order valence-corrected chi connectivity index (χ3v) is 6.86. The molecule has 0 saturated heterocycles. The van der Waals surface area contributed by atoms with Crippen LogP contribution < -0.4 is 16.0 Å². The van der Waals surface area contributed by atoms with Gasteiger partial charge in [-0.2, -0.15) is 0 Å². The molecule has 0 aliphatic heterocycles. The largest absolute Gasteiger partial charge is 0.444 e. The van der Waals surface area contributed by atoms with Crippen LogP contribution in [0.3, 0.4) is 0 Å². The van der Waals surface area contributed by atoms with E-state index in [9.17, 15) is 18.8 Å². The smallest absolute Gasteiger partial charge is 0.412 e. The van der Waals surface area contributed by atoms with Crippen LogP contribution in [0.15, 0.2) is 97.2 Å². The Morgan fingerprint density at radius 3 is 2.29 bits per heavy atom. The maximum atomic E-state index is 14.7. The lowest BCUT2D eigenvalue weighted by molar-refractivity contribution is -0.117. The van der Waals surface area contributed by atoms with E-state index >= 15 is 0 Å². The Hall–Kier alpha value is -5.51. The van der Waals surface area contributed by atoms with E-state index < -0.39 is 12.0 Å². The zero-order valence-electron chi connectivity index (χ0n) is 25.3. The zero-order chi connectivity index (χ0) is 32.0. The topological polar surface area (TPSA) is 114 Å². The summed E-state index contributed by atoms with van der Waals surface area (Å²) in [6.07, 6.45) is 1.12. The summed E-state index contributed by atoms with van der Waals surface area (Å²) < 4.78 is 21.6. The Morgan fingerprint density at radius 2 is 1.58 bits per heavy atom. The van der Waals surface area contributed by atoms with Gasteiger partial charge in [0, 0.05) is 28.6 Å². The number of rotatable bonds is 9. The summed E-state index contributed by atoms with van der Waals surface area (Å²) in [5.74, 6) is -0.708. The molecule has 0 bridgehead atoms. The highest BCUT2D eigenvalue weighted by Gasteiger charge is 2.20. The fraction of sp³-hybridized carbons (Fsp3) is 0.200. The van der Waals surface area contributed by atoms with E-state index in [2.05, 4.69) is 20.9 Å². The Bertz CT molecular complexity index is 1830. The number of aromatic nitrogens is 2. The van der Waals surface area contributed by atoms with E-state index in [1.165, 1.54) is 12.3 Å². The van der Waals surface area contributed by atoms with Crippen molar-refractivity contribution < 1.29 is 23.5 Å². The molecule has 45 heavy (non-hydrogen) atoms. The second-order valence-electron chi connectivity index (χ2n) is 11.8. The van der Waals surface area contributed by atoms with Gasteiger partial charge < -0.3 is 19.9 Å². The van der Waals surface area contributed by atoms with Crippen molar-refractivity contribution >= 4 is 46.0 Å². The lowest BCUT2D eigenvalue weighted by Crippen LogP contribution is -2.19. The molecule has 0 radical (unpaired) electrons. The second-order valence-corrected chi connectivity index (χ2v) is 11.8. The highest BCUT2D eigenvalue weighted by molar-refractivity contribution is 6.06. The number of ether oxygens (including phenoxy) is 1. The molecule has 5 rings (SSSR count). The third kappa shape index (κ3) is 8.32. The summed E-state index contributed by atoms with van der Waals surface area (Å²) in [6.45, 7) is 6.20. The molecule has 10 heteroatoms. The van der Waals surface area contributed by atoms with Gasteiger partial charge in [0.1, 0.15) is 23.9 Å². The number of benzene rings is 3. The standard InChI is InChI=1S/C35H34FN5O4/c1-35(2,3)19-32(42)38-26-13-15-29-25(17-26)18-30(41(29)21-24-11-7-8-12-28(24)36)33(43)40-31-16-14-27(20-37-31)39-34(44)45-22-23-9-5-4-6-10-23/h4-18,20H,19,21-22H2,1-3H3,(H,38,42)(H,39,44)(H,37,40,43). The predicted octanol–water partition coefficient (Wildman–Crippen LogP) is 7.60. The fourth-order valence-corrected chi connectivity index (χ4v) is 4.79. The summed E-state index contributed by atoms with van der Waals surface area (Å²) in [5, 5.41) is 9.02. The number of pyridine rings is 1. The molecular formula is C35H34FN5O4. The molecule has 0 aliphatic carbocycles. The van der Waals surface area contributed by atoms with E-state index in [4.69, 9.17) is 4.74 Å². The van der Waals surface area contributed by atoms with Crippen LogP contribution in [0.4, 0.5) is 26.4 Å². The molecule has 3 N–H and O–H groups in total. The number of amides is 3. The van der Waals surface area contributed by atoms with Gasteiger partial charge >= 0.3 is 6.09 Å². The molecule has 230 valence electrons. The summed E-state index contributed by atoms with van der Waals surface area (Å²) in [6, 6.07) is 25.9. The van der Waals surface area contributed by atoms with Gasteiger partial charge in [-0.1, -0.05) is 69.3 Å². The lowest BCUT2D eigenvalue weighted by Gasteiger charge is -2.17. The van der Waals surface area contributed by atoms with Gasteiger partial charge in [-0.25, -0.2) is 14.2 Å². The molecule has 2 aromatic heterocycles. The van der Waals surface area contributed by atoms with Crippen LogP contribution in [0, 0.1) is 11.2 Å². The highest BCUT2D eigenvalue weighted by atomic mass is 19.1. The quantitative estimate of drug-likeness (QED) is 0.160. The van der Waals surface area contributed by atoms with Gasteiger partial charge in [0.2, 0.25) is 5.91 Å². The molecule has 3 amide bonds. The van der Waals surface area contributed by atoms with Crippen molar-refractivity contribution in [3.8, 4) is 0 Å². The van der Waals surface area contributed by atoms with Gasteiger partial charge in [-0.3, -0.25) is 14.9 Å². The molecule has 2 heterocycles. The summed E-state index contributed by atoms with van der Waals surface area (Å²) >= 11 is 0. The fourth-order valence-electron chi connectivity index (χ4n) is 4.79. The second kappa shape index (κ2) is 13.4. The predicted molar refractivity (Wildman–Crippen MR) is 173 cm³/mol. The van der Waals surface area contributed by atoms with E-state index in [0.29, 0.717) is 34.3 Å². The van der Waals surface area contributed by atoms with Crippen LogP contribution in [0.1, 0.15) is 48.8 Å². The van der Waals surface area contributed by atoms with Crippen molar-refractivity contribution in [3.63, 3.8) is 0 Å². The Labute approximate surface area is 260 Å². The first kappa shape index (κ1) is 30.9. The van der Waals surface area contributed by atoms with Crippen molar-refractivity contribution in [3.05, 3.63) is 120 Å². The third-order valence-electron chi connectivity index (χ3n) is 6.86. The van der Waals surface area contributed by atoms with Gasteiger partial charge in [-0.05, 0) is 53.4 Å². The van der Waals surface area contributed by atoms with Crippen LogP contribution in [0.5, 0.6) is 0 Å². The average Bonchev–Trinajstić information content (AvgIpc) is 3.35. The first-order valence-corrected chi connectivity index (χ1v) is 14.5. The van der Waals surface area contributed by atoms with E-state index in [1.807, 2.05) is 51.1 Å². The van der Waals surface area contributed by atoms with Crippen LogP contribution >= 0.6 is 0 Å². The average molecular weight is 608 g/mol. The maximum Gasteiger partial charge on any atom is 0.412 e. The molecule has 0 atom stereocenters. The van der Waals surface area contributed by atoms with Gasteiger partial charge in [0.15, 0.2) is 0 Å². The Morgan fingerprint density at radius 1 is 0.844 bits per heavy atom. The number of nitrogens with zero attached hydrogens (tertiary/aromatic N) is 2. The Balaban J connectivity index is 1.33. The molecule has 9 nitrogen and oxygen atoms in total. The number of fused-ring (bicyclic) bond motifs is 1.